The van der Waals surface area contributed by atoms with Crippen LogP contribution in [0.5, 0.6) is 5.75 Å². The van der Waals surface area contributed by atoms with Crippen LogP contribution in [-0.2, 0) is 11.3 Å². The third-order valence-electron chi connectivity index (χ3n) is 3.65. The van der Waals surface area contributed by atoms with Crippen molar-refractivity contribution in [2.45, 2.75) is 39.5 Å². The number of nitrogens with zero attached hydrogens (tertiary/aromatic N) is 1. The molecular formula is C19H21Cl2NO2. The third kappa shape index (κ3) is 4.89. The van der Waals surface area contributed by atoms with Gasteiger partial charge in [0.05, 0.1) is 5.02 Å². The lowest BCUT2D eigenvalue weighted by Crippen LogP contribution is -2.43. The normalized spacial score (nSPS) is 12.1. The van der Waals surface area contributed by atoms with E-state index in [0.717, 1.165) is 5.56 Å². The first-order chi connectivity index (χ1) is 11.4. The van der Waals surface area contributed by atoms with Gasteiger partial charge in [-0.2, -0.15) is 0 Å². The topological polar surface area (TPSA) is 29.5 Å². The predicted molar refractivity (Wildman–Crippen MR) is 98.7 cm³/mol. The number of hydrogen-bond donors (Lipinski definition) is 0. The molecule has 0 radical (unpaired) electrons. The lowest BCUT2D eigenvalue weighted by Gasteiger charge is -2.29. The van der Waals surface area contributed by atoms with E-state index in [4.69, 9.17) is 27.9 Å². The van der Waals surface area contributed by atoms with E-state index in [9.17, 15) is 4.79 Å². The van der Waals surface area contributed by atoms with Crippen LogP contribution in [-0.4, -0.2) is 23.0 Å². The van der Waals surface area contributed by atoms with Crippen molar-refractivity contribution in [3.05, 3.63) is 64.1 Å². The number of carbonyl (C=O) groups is 1. The molecule has 0 fully saturated rings. The Balaban J connectivity index is 2.11. The van der Waals surface area contributed by atoms with Crippen molar-refractivity contribution in [2.75, 3.05) is 0 Å². The second-order valence-electron chi connectivity index (χ2n) is 5.88. The van der Waals surface area contributed by atoms with E-state index in [2.05, 4.69) is 0 Å². The van der Waals surface area contributed by atoms with E-state index in [1.54, 1.807) is 30.0 Å². The summed E-state index contributed by atoms with van der Waals surface area (Å²) in [6, 6.07) is 14.9. The van der Waals surface area contributed by atoms with Crippen LogP contribution in [0.2, 0.25) is 10.0 Å². The maximum absolute atomic E-state index is 12.8. The molecule has 1 atom stereocenters. The van der Waals surface area contributed by atoms with Crippen molar-refractivity contribution in [1.29, 1.82) is 0 Å². The Morgan fingerprint density at radius 3 is 2.33 bits per heavy atom. The second kappa shape index (κ2) is 8.41. The Kier molecular flexibility index (Phi) is 6.52. The van der Waals surface area contributed by atoms with Gasteiger partial charge in [-0.15, -0.1) is 0 Å². The molecule has 1 unspecified atom stereocenters. The van der Waals surface area contributed by atoms with Gasteiger partial charge in [0, 0.05) is 17.6 Å². The minimum Gasteiger partial charge on any atom is -0.479 e. The van der Waals surface area contributed by atoms with E-state index in [0.29, 0.717) is 22.3 Å². The fourth-order valence-electron chi connectivity index (χ4n) is 2.34. The predicted octanol–water partition coefficient (Wildman–Crippen LogP) is 5.20. The molecule has 0 saturated heterocycles. The summed E-state index contributed by atoms with van der Waals surface area (Å²) in [7, 11) is 0. The van der Waals surface area contributed by atoms with Gasteiger partial charge in [0.2, 0.25) is 0 Å². The highest BCUT2D eigenvalue weighted by atomic mass is 35.5. The van der Waals surface area contributed by atoms with E-state index >= 15 is 0 Å². The fraction of sp³-hybridized carbons (Fsp3) is 0.316. The zero-order chi connectivity index (χ0) is 17.7. The van der Waals surface area contributed by atoms with Crippen molar-refractivity contribution in [1.82, 2.24) is 4.90 Å². The van der Waals surface area contributed by atoms with Crippen molar-refractivity contribution in [3.63, 3.8) is 0 Å². The molecule has 0 aromatic heterocycles. The Bertz CT molecular complexity index is 689. The van der Waals surface area contributed by atoms with E-state index in [1.807, 2.05) is 44.2 Å². The van der Waals surface area contributed by atoms with Crippen LogP contribution in [0.1, 0.15) is 26.3 Å². The van der Waals surface area contributed by atoms with Crippen LogP contribution in [0.3, 0.4) is 0 Å². The average Bonchev–Trinajstić information content (AvgIpc) is 2.55. The summed E-state index contributed by atoms with van der Waals surface area (Å²) in [5.74, 6) is 0.366. The molecule has 0 bridgehead atoms. The van der Waals surface area contributed by atoms with Gasteiger partial charge in [-0.3, -0.25) is 4.79 Å². The average molecular weight is 366 g/mol. The summed E-state index contributed by atoms with van der Waals surface area (Å²) in [6.07, 6.45) is -0.644. The number of benzene rings is 2. The number of hydrogen-bond acceptors (Lipinski definition) is 2. The first-order valence-corrected chi connectivity index (χ1v) is 8.60. The molecule has 0 N–H and O–H groups in total. The number of halogens is 2. The van der Waals surface area contributed by atoms with Crippen LogP contribution in [0.25, 0.3) is 0 Å². The number of ether oxygens (including phenoxy) is 1. The van der Waals surface area contributed by atoms with Gasteiger partial charge in [0.15, 0.2) is 6.10 Å². The van der Waals surface area contributed by atoms with Crippen molar-refractivity contribution in [3.8, 4) is 5.75 Å². The Labute approximate surface area is 153 Å². The molecular weight excluding hydrogens is 345 g/mol. The fourth-order valence-corrected chi connectivity index (χ4v) is 2.79. The zero-order valence-electron chi connectivity index (χ0n) is 14.0. The van der Waals surface area contributed by atoms with Gasteiger partial charge in [0.1, 0.15) is 5.75 Å². The van der Waals surface area contributed by atoms with Crippen LogP contribution in [0, 0.1) is 0 Å². The summed E-state index contributed by atoms with van der Waals surface area (Å²) in [5, 5.41) is 0.917. The van der Waals surface area contributed by atoms with Gasteiger partial charge < -0.3 is 9.64 Å². The Hall–Kier alpha value is -1.71. The number of rotatable bonds is 6. The minimum absolute atomic E-state index is 0.0597. The molecule has 2 rings (SSSR count). The molecule has 2 aromatic carbocycles. The lowest BCUT2D eigenvalue weighted by molar-refractivity contribution is -0.140. The van der Waals surface area contributed by atoms with Gasteiger partial charge in [-0.25, -0.2) is 0 Å². The smallest absolute Gasteiger partial charge is 0.263 e. The highest BCUT2D eigenvalue weighted by Gasteiger charge is 2.25. The largest absolute Gasteiger partial charge is 0.479 e. The first-order valence-electron chi connectivity index (χ1n) is 7.84. The van der Waals surface area contributed by atoms with Gasteiger partial charge >= 0.3 is 0 Å². The number of amides is 1. The second-order valence-corrected chi connectivity index (χ2v) is 6.72. The van der Waals surface area contributed by atoms with Crippen molar-refractivity contribution < 1.29 is 9.53 Å². The highest BCUT2D eigenvalue weighted by molar-refractivity contribution is 6.35. The summed E-state index contributed by atoms with van der Waals surface area (Å²) in [5.41, 5.74) is 1.08. The summed E-state index contributed by atoms with van der Waals surface area (Å²) < 4.78 is 5.75. The summed E-state index contributed by atoms with van der Waals surface area (Å²) in [4.78, 5) is 14.6. The van der Waals surface area contributed by atoms with Crippen LogP contribution in [0.15, 0.2) is 48.5 Å². The van der Waals surface area contributed by atoms with Gasteiger partial charge in [-0.1, -0.05) is 53.5 Å². The minimum atomic E-state index is -0.644. The molecule has 0 aliphatic rings. The molecule has 0 spiro atoms. The molecule has 5 heteroatoms. The first kappa shape index (κ1) is 18.6. The van der Waals surface area contributed by atoms with Crippen molar-refractivity contribution in [2.24, 2.45) is 0 Å². The quantitative estimate of drug-likeness (QED) is 0.703. The molecule has 0 heterocycles. The zero-order valence-corrected chi connectivity index (χ0v) is 15.5. The van der Waals surface area contributed by atoms with Crippen LogP contribution in [0.4, 0.5) is 0 Å². The molecule has 3 nitrogen and oxygen atoms in total. The molecule has 1 amide bonds. The van der Waals surface area contributed by atoms with Crippen LogP contribution >= 0.6 is 23.2 Å². The van der Waals surface area contributed by atoms with Crippen LogP contribution < -0.4 is 4.74 Å². The SMILES string of the molecule is CC(Oc1ccc(Cl)cc1Cl)C(=O)N(Cc1ccccc1)C(C)C. The Morgan fingerprint density at radius 2 is 1.75 bits per heavy atom. The van der Waals surface area contributed by atoms with E-state index in [1.165, 1.54) is 0 Å². The maximum Gasteiger partial charge on any atom is 0.263 e. The third-order valence-corrected chi connectivity index (χ3v) is 4.18. The maximum atomic E-state index is 12.8. The molecule has 24 heavy (non-hydrogen) atoms. The Morgan fingerprint density at radius 1 is 1.08 bits per heavy atom. The van der Waals surface area contributed by atoms with Gasteiger partial charge in [-0.05, 0) is 44.5 Å². The monoisotopic (exact) mass is 365 g/mol. The van der Waals surface area contributed by atoms with E-state index in [-0.39, 0.29) is 11.9 Å². The summed E-state index contributed by atoms with van der Waals surface area (Å²) in [6.45, 7) is 6.25. The molecule has 2 aromatic rings. The standard InChI is InChI=1S/C19H21Cl2NO2/c1-13(2)22(12-15-7-5-4-6-8-15)19(23)14(3)24-18-10-9-16(20)11-17(18)21/h4-11,13-14H,12H2,1-3H3. The van der Waals surface area contributed by atoms with E-state index < -0.39 is 6.10 Å². The molecule has 0 aliphatic heterocycles. The lowest BCUT2D eigenvalue weighted by atomic mass is 10.1. The molecule has 0 saturated carbocycles. The summed E-state index contributed by atoms with van der Waals surface area (Å²) >= 11 is 12.0. The molecule has 128 valence electrons. The number of carbonyl (C=O) groups excluding carboxylic acids is 1. The highest BCUT2D eigenvalue weighted by Crippen LogP contribution is 2.28. The molecule has 0 aliphatic carbocycles. The van der Waals surface area contributed by atoms with Crippen molar-refractivity contribution >= 4 is 29.1 Å². The van der Waals surface area contributed by atoms with Gasteiger partial charge in [0.25, 0.3) is 5.91 Å².